The quantitative estimate of drug-likeness (QED) is 0.302. The molecule has 20 heavy (non-hydrogen) atoms. The molecule has 2 aliphatic rings. The van der Waals surface area contributed by atoms with E-state index in [9.17, 15) is 4.79 Å². The van der Waals surface area contributed by atoms with Gasteiger partial charge in [-0.3, -0.25) is 4.90 Å². The highest BCUT2D eigenvalue weighted by Gasteiger charge is 2.27. The zero-order chi connectivity index (χ0) is 14.5. The average molecular weight is 283 g/mol. The van der Waals surface area contributed by atoms with Crippen LogP contribution < -0.4 is 11.1 Å². The molecule has 7 nitrogen and oxygen atoms in total. The third-order valence-electron chi connectivity index (χ3n) is 4.38. The molecule has 1 heterocycles. The van der Waals surface area contributed by atoms with Crippen molar-refractivity contribution in [2.45, 2.75) is 44.7 Å². The second-order valence-electron chi connectivity index (χ2n) is 5.65. The minimum atomic E-state index is -0.0972. The van der Waals surface area contributed by atoms with Gasteiger partial charge in [-0.1, -0.05) is 18.0 Å². The summed E-state index contributed by atoms with van der Waals surface area (Å²) in [4.78, 5) is 16.1. The number of nitrogens with one attached hydrogen (secondary N) is 1. The molecule has 1 saturated carbocycles. The molecule has 0 bridgehead atoms. The van der Waals surface area contributed by atoms with Crippen molar-refractivity contribution in [1.29, 1.82) is 0 Å². The fourth-order valence-electron chi connectivity index (χ4n) is 2.92. The van der Waals surface area contributed by atoms with Crippen molar-refractivity contribution in [2.75, 3.05) is 26.2 Å². The zero-order valence-electron chi connectivity index (χ0n) is 12.1. The van der Waals surface area contributed by atoms with Crippen LogP contribution in [0.5, 0.6) is 0 Å². The number of piperazine rings is 1. The third-order valence-corrected chi connectivity index (χ3v) is 4.38. The molecular formula is C13H25N5O2. The summed E-state index contributed by atoms with van der Waals surface area (Å²) in [5.74, 6) is 0.217. The fourth-order valence-corrected chi connectivity index (χ4v) is 2.92. The van der Waals surface area contributed by atoms with Crippen molar-refractivity contribution in [2.24, 2.45) is 10.9 Å². The molecule has 2 rings (SSSR count). The van der Waals surface area contributed by atoms with Gasteiger partial charge in [-0.05, 0) is 19.8 Å². The fraction of sp³-hybridized carbons (Fsp3) is 0.846. The van der Waals surface area contributed by atoms with E-state index < -0.39 is 0 Å². The molecule has 1 saturated heterocycles. The van der Waals surface area contributed by atoms with Crippen LogP contribution in [0.3, 0.4) is 0 Å². The summed E-state index contributed by atoms with van der Waals surface area (Å²) in [7, 11) is 0. The minimum Gasteiger partial charge on any atom is -0.409 e. The SMILES string of the molecule is CC(C(N)=NO)N1CCN(C(=O)NC2CCCC2)CC1. The van der Waals surface area contributed by atoms with Crippen LogP contribution in [0.1, 0.15) is 32.6 Å². The van der Waals surface area contributed by atoms with Crippen LogP contribution in [0.2, 0.25) is 0 Å². The first-order valence-corrected chi connectivity index (χ1v) is 7.38. The van der Waals surface area contributed by atoms with Crippen LogP contribution in [-0.2, 0) is 0 Å². The lowest BCUT2D eigenvalue weighted by atomic mass is 10.2. The van der Waals surface area contributed by atoms with E-state index in [1.54, 1.807) is 0 Å². The molecule has 2 fully saturated rings. The Labute approximate surface area is 119 Å². The van der Waals surface area contributed by atoms with Crippen molar-refractivity contribution in [1.82, 2.24) is 15.1 Å². The number of hydrogen-bond donors (Lipinski definition) is 3. The summed E-state index contributed by atoms with van der Waals surface area (Å²) in [5.41, 5.74) is 5.62. The Kier molecular flexibility index (Phi) is 5.05. The van der Waals surface area contributed by atoms with E-state index in [2.05, 4.69) is 15.4 Å². The number of oxime groups is 1. The van der Waals surface area contributed by atoms with Gasteiger partial charge in [-0.2, -0.15) is 0 Å². The first kappa shape index (κ1) is 14.9. The Morgan fingerprint density at radius 2 is 1.90 bits per heavy atom. The van der Waals surface area contributed by atoms with Crippen molar-refractivity contribution >= 4 is 11.9 Å². The lowest BCUT2D eigenvalue weighted by molar-refractivity contribution is 0.128. The maximum atomic E-state index is 12.1. The Balaban J connectivity index is 1.77. The molecule has 1 aliphatic carbocycles. The smallest absolute Gasteiger partial charge is 0.317 e. The predicted molar refractivity (Wildman–Crippen MR) is 76.8 cm³/mol. The highest BCUT2D eigenvalue weighted by Crippen LogP contribution is 2.18. The summed E-state index contributed by atoms with van der Waals surface area (Å²) in [6.07, 6.45) is 4.64. The van der Waals surface area contributed by atoms with Gasteiger partial charge in [0.25, 0.3) is 0 Å². The van der Waals surface area contributed by atoms with Gasteiger partial charge in [0.1, 0.15) is 0 Å². The molecule has 4 N–H and O–H groups in total. The van der Waals surface area contributed by atoms with Crippen molar-refractivity contribution in [3.8, 4) is 0 Å². The third kappa shape index (κ3) is 3.53. The Morgan fingerprint density at radius 1 is 1.30 bits per heavy atom. The standard InChI is InChI=1S/C13H25N5O2/c1-10(12(14)16-20)17-6-8-18(9-7-17)13(19)15-11-4-2-3-5-11/h10-11,20H,2-9H2,1H3,(H2,14,16)(H,15,19). The average Bonchev–Trinajstić information content (AvgIpc) is 2.98. The number of nitrogens with two attached hydrogens (primary N) is 1. The minimum absolute atomic E-state index is 0.0491. The largest absolute Gasteiger partial charge is 0.409 e. The Bertz CT molecular complexity index is 360. The van der Waals surface area contributed by atoms with Gasteiger partial charge in [-0.25, -0.2) is 4.79 Å². The number of rotatable bonds is 3. The summed E-state index contributed by atoms with van der Waals surface area (Å²) in [6, 6.07) is 0.310. The lowest BCUT2D eigenvalue weighted by Gasteiger charge is -2.37. The van der Waals surface area contributed by atoms with Crippen molar-refractivity contribution in [3.05, 3.63) is 0 Å². The Morgan fingerprint density at radius 3 is 2.45 bits per heavy atom. The highest BCUT2D eigenvalue weighted by atomic mass is 16.4. The number of nitrogens with zero attached hydrogens (tertiary/aromatic N) is 3. The molecule has 114 valence electrons. The zero-order valence-corrected chi connectivity index (χ0v) is 12.1. The summed E-state index contributed by atoms with van der Waals surface area (Å²) < 4.78 is 0. The predicted octanol–water partition coefficient (Wildman–Crippen LogP) is 0.391. The number of carbonyl (C=O) groups excluding carboxylic acids is 1. The number of amidine groups is 1. The van der Waals surface area contributed by atoms with E-state index in [0.29, 0.717) is 19.1 Å². The monoisotopic (exact) mass is 283 g/mol. The topological polar surface area (TPSA) is 94.2 Å². The molecule has 1 atom stereocenters. The molecule has 1 aliphatic heterocycles. The first-order valence-electron chi connectivity index (χ1n) is 7.38. The summed E-state index contributed by atoms with van der Waals surface area (Å²) in [5, 5.41) is 14.8. The molecule has 0 aromatic rings. The molecular weight excluding hydrogens is 258 g/mol. The van der Waals surface area contributed by atoms with Crippen LogP contribution in [0.25, 0.3) is 0 Å². The van der Waals surface area contributed by atoms with Gasteiger partial charge in [0.2, 0.25) is 0 Å². The van der Waals surface area contributed by atoms with Crippen LogP contribution in [0.4, 0.5) is 4.79 Å². The van der Waals surface area contributed by atoms with Crippen LogP contribution in [-0.4, -0.2) is 65.1 Å². The Hall–Kier alpha value is -1.50. The van der Waals surface area contributed by atoms with Gasteiger partial charge >= 0.3 is 6.03 Å². The van der Waals surface area contributed by atoms with E-state index in [0.717, 1.165) is 25.9 Å². The van der Waals surface area contributed by atoms with Crippen LogP contribution >= 0.6 is 0 Å². The molecule has 7 heteroatoms. The van der Waals surface area contributed by atoms with Gasteiger partial charge in [0.15, 0.2) is 5.84 Å². The van der Waals surface area contributed by atoms with E-state index in [1.165, 1.54) is 12.8 Å². The molecule has 1 unspecified atom stereocenters. The molecule has 0 aromatic carbocycles. The second kappa shape index (κ2) is 6.78. The number of carbonyl (C=O) groups is 1. The number of urea groups is 1. The second-order valence-corrected chi connectivity index (χ2v) is 5.65. The molecule has 2 amide bonds. The highest BCUT2D eigenvalue weighted by molar-refractivity contribution is 5.84. The van der Waals surface area contributed by atoms with Gasteiger partial charge in [0, 0.05) is 32.2 Å². The van der Waals surface area contributed by atoms with E-state index in [-0.39, 0.29) is 17.9 Å². The maximum absolute atomic E-state index is 12.1. The normalized spacial score (nSPS) is 23.9. The molecule has 0 spiro atoms. The van der Waals surface area contributed by atoms with Gasteiger partial charge < -0.3 is 21.2 Å². The molecule has 0 radical (unpaired) electrons. The van der Waals surface area contributed by atoms with Crippen LogP contribution in [0, 0.1) is 0 Å². The summed E-state index contributed by atoms with van der Waals surface area (Å²) in [6.45, 7) is 4.76. The van der Waals surface area contributed by atoms with E-state index in [4.69, 9.17) is 10.9 Å². The van der Waals surface area contributed by atoms with Crippen molar-refractivity contribution in [3.63, 3.8) is 0 Å². The molecule has 0 aromatic heterocycles. The van der Waals surface area contributed by atoms with Gasteiger partial charge in [0.05, 0.1) is 6.04 Å². The number of hydrogen-bond acceptors (Lipinski definition) is 4. The lowest BCUT2D eigenvalue weighted by Crippen LogP contribution is -2.56. The summed E-state index contributed by atoms with van der Waals surface area (Å²) >= 11 is 0. The van der Waals surface area contributed by atoms with Gasteiger partial charge in [-0.15, -0.1) is 0 Å². The van der Waals surface area contributed by atoms with E-state index >= 15 is 0 Å². The van der Waals surface area contributed by atoms with E-state index in [1.807, 2.05) is 11.8 Å². The number of amides is 2. The maximum Gasteiger partial charge on any atom is 0.317 e. The first-order chi connectivity index (χ1) is 9.61. The van der Waals surface area contributed by atoms with Crippen LogP contribution in [0.15, 0.2) is 5.16 Å². The van der Waals surface area contributed by atoms with Crippen molar-refractivity contribution < 1.29 is 10.0 Å².